The second-order valence-electron chi connectivity index (χ2n) is 8.64. The second-order valence-corrected chi connectivity index (χ2v) is 9.58. The molecule has 0 radical (unpaired) electrons. The van der Waals surface area contributed by atoms with Crippen molar-refractivity contribution in [2.45, 2.75) is 51.0 Å². The maximum atomic E-state index is 13.3. The highest BCUT2D eigenvalue weighted by Crippen LogP contribution is 2.23. The topological polar surface area (TPSA) is 64.4 Å². The normalized spacial score (nSPS) is 11.6. The van der Waals surface area contributed by atoms with Gasteiger partial charge in [0.15, 0.2) is 5.16 Å². The Morgan fingerprint density at radius 3 is 2.47 bits per heavy atom. The summed E-state index contributed by atoms with van der Waals surface area (Å²) in [6.07, 6.45) is 0.695. The second kappa shape index (κ2) is 10.8. The lowest BCUT2D eigenvalue weighted by Gasteiger charge is -2.36. The van der Waals surface area contributed by atoms with Crippen LogP contribution in [0.25, 0.3) is 10.9 Å². The number of hydrogen-bond donors (Lipinski definition) is 0. The molecule has 3 rings (SSSR count). The van der Waals surface area contributed by atoms with Gasteiger partial charge in [0.05, 0.1) is 16.7 Å². The number of benzene rings is 2. The van der Waals surface area contributed by atoms with Gasteiger partial charge in [-0.3, -0.25) is 14.2 Å². The lowest BCUT2D eigenvalue weighted by Crippen LogP contribution is -2.46. The molecule has 0 aliphatic rings. The molecule has 1 heterocycles. The molecule has 0 N–H and O–H groups in total. The summed E-state index contributed by atoms with van der Waals surface area (Å²) in [7, 11) is 1.64. The first-order valence-electron chi connectivity index (χ1n) is 10.8. The van der Waals surface area contributed by atoms with Crippen LogP contribution >= 0.6 is 11.8 Å². The van der Waals surface area contributed by atoms with Crippen molar-refractivity contribution in [1.82, 2.24) is 14.5 Å². The van der Waals surface area contributed by atoms with Crippen molar-refractivity contribution in [3.8, 4) is 0 Å². The fourth-order valence-electron chi connectivity index (χ4n) is 3.49. The number of thioether (sulfide) groups is 1. The third-order valence-electron chi connectivity index (χ3n) is 5.18. The van der Waals surface area contributed by atoms with E-state index in [0.717, 1.165) is 5.56 Å². The van der Waals surface area contributed by atoms with E-state index in [4.69, 9.17) is 9.72 Å². The van der Waals surface area contributed by atoms with Gasteiger partial charge in [0.1, 0.15) is 0 Å². The van der Waals surface area contributed by atoms with Gasteiger partial charge in [-0.2, -0.15) is 0 Å². The van der Waals surface area contributed by atoms with Crippen molar-refractivity contribution in [2.24, 2.45) is 0 Å². The summed E-state index contributed by atoms with van der Waals surface area (Å²) in [4.78, 5) is 32.9. The van der Waals surface area contributed by atoms with Gasteiger partial charge in [-0.25, -0.2) is 4.98 Å². The van der Waals surface area contributed by atoms with Crippen LogP contribution in [0.5, 0.6) is 0 Å². The minimum atomic E-state index is -0.331. The molecule has 0 unspecified atom stereocenters. The minimum absolute atomic E-state index is 0.0113. The molecule has 170 valence electrons. The van der Waals surface area contributed by atoms with Crippen LogP contribution in [-0.4, -0.2) is 45.4 Å². The van der Waals surface area contributed by atoms with Crippen molar-refractivity contribution in [3.05, 3.63) is 70.5 Å². The summed E-state index contributed by atoms with van der Waals surface area (Å²) >= 11 is 1.32. The van der Waals surface area contributed by atoms with E-state index in [1.54, 1.807) is 17.7 Å². The lowest BCUT2D eigenvalue weighted by atomic mass is 10.0. The van der Waals surface area contributed by atoms with Crippen molar-refractivity contribution in [1.29, 1.82) is 0 Å². The molecule has 1 aromatic heterocycles. The average molecular weight is 454 g/mol. The van der Waals surface area contributed by atoms with Gasteiger partial charge < -0.3 is 9.64 Å². The number of carbonyl (C=O) groups excluding carboxylic acids is 1. The Hall–Kier alpha value is -2.64. The van der Waals surface area contributed by atoms with Crippen LogP contribution in [0, 0.1) is 0 Å². The molecule has 0 fully saturated rings. The van der Waals surface area contributed by atoms with Crippen LogP contribution in [0.2, 0.25) is 0 Å². The number of para-hydroxylation sites is 1. The van der Waals surface area contributed by atoms with Gasteiger partial charge in [0.2, 0.25) is 5.91 Å². The van der Waals surface area contributed by atoms with E-state index in [-0.39, 0.29) is 22.8 Å². The van der Waals surface area contributed by atoms with Crippen molar-refractivity contribution in [3.63, 3.8) is 0 Å². The zero-order chi connectivity index (χ0) is 23.1. The zero-order valence-electron chi connectivity index (χ0n) is 19.2. The third-order valence-corrected chi connectivity index (χ3v) is 6.14. The predicted octanol–water partition coefficient (Wildman–Crippen LogP) is 4.35. The van der Waals surface area contributed by atoms with E-state index < -0.39 is 0 Å². The quantitative estimate of drug-likeness (QED) is 0.274. The standard InChI is InChI=1S/C25H31N3O3S/c1-25(2,3)28(17-19-11-6-5-7-12-19)22(29)18-32-24-26-21-14-9-8-13-20(21)23(30)27(24)15-10-16-31-4/h5-9,11-14H,10,15-18H2,1-4H3. The summed E-state index contributed by atoms with van der Waals surface area (Å²) in [5.41, 5.74) is 1.31. The molecule has 1 amide bonds. The largest absolute Gasteiger partial charge is 0.385 e. The van der Waals surface area contributed by atoms with Crippen LogP contribution in [0.15, 0.2) is 64.5 Å². The van der Waals surface area contributed by atoms with Crippen LogP contribution in [-0.2, 0) is 22.6 Å². The lowest BCUT2D eigenvalue weighted by molar-refractivity contribution is -0.133. The van der Waals surface area contributed by atoms with E-state index in [1.165, 1.54) is 11.8 Å². The summed E-state index contributed by atoms with van der Waals surface area (Å²) < 4.78 is 6.82. The Kier molecular flexibility index (Phi) is 8.10. The maximum absolute atomic E-state index is 13.3. The number of ether oxygens (including phenoxy) is 1. The van der Waals surface area contributed by atoms with Gasteiger partial charge in [-0.05, 0) is 44.9 Å². The highest BCUT2D eigenvalue weighted by molar-refractivity contribution is 7.99. The summed E-state index contributed by atoms with van der Waals surface area (Å²) in [5.74, 6) is 0.219. The first kappa shape index (κ1) is 24.0. The van der Waals surface area contributed by atoms with Gasteiger partial charge >= 0.3 is 0 Å². The minimum Gasteiger partial charge on any atom is -0.385 e. The number of hydrogen-bond acceptors (Lipinski definition) is 5. The number of nitrogens with zero attached hydrogens (tertiary/aromatic N) is 3. The monoisotopic (exact) mass is 453 g/mol. The smallest absolute Gasteiger partial charge is 0.262 e. The predicted molar refractivity (Wildman–Crippen MR) is 130 cm³/mol. The average Bonchev–Trinajstić information content (AvgIpc) is 2.77. The SMILES string of the molecule is COCCCn1c(SCC(=O)N(Cc2ccccc2)C(C)(C)C)nc2ccccc2c1=O. The number of carbonyl (C=O) groups is 1. The van der Waals surface area contributed by atoms with E-state index in [1.807, 2.05) is 74.2 Å². The summed E-state index contributed by atoms with van der Waals surface area (Å²) in [5, 5.41) is 1.15. The highest BCUT2D eigenvalue weighted by atomic mass is 32.2. The summed E-state index contributed by atoms with van der Waals surface area (Å²) in [6.45, 7) is 7.69. The molecule has 0 saturated carbocycles. The number of methoxy groups -OCH3 is 1. The molecular formula is C25H31N3O3S. The maximum Gasteiger partial charge on any atom is 0.262 e. The van der Waals surface area contributed by atoms with Crippen LogP contribution < -0.4 is 5.56 Å². The summed E-state index contributed by atoms with van der Waals surface area (Å²) in [6, 6.07) is 17.3. The van der Waals surface area contributed by atoms with Crippen molar-refractivity contribution in [2.75, 3.05) is 19.5 Å². The van der Waals surface area contributed by atoms with Crippen molar-refractivity contribution >= 4 is 28.6 Å². The number of fused-ring (bicyclic) bond motifs is 1. The molecule has 0 spiro atoms. The highest BCUT2D eigenvalue weighted by Gasteiger charge is 2.27. The van der Waals surface area contributed by atoms with Gasteiger partial charge in [-0.15, -0.1) is 0 Å². The Labute approximate surface area is 193 Å². The molecule has 0 atom stereocenters. The van der Waals surface area contributed by atoms with Crippen molar-refractivity contribution < 1.29 is 9.53 Å². The fourth-order valence-corrected chi connectivity index (χ4v) is 4.39. The van der Waals surface area contributed by atoms with E-state index in [2.05, 4.69) is 0 Å². The molecule has 32 heavy (non-hydrogen) atoms. The van der Waals surface area contributed by atoms with E-state index in [0.29, 0.717) is 42.2 Å². The molecule has 0 aliphatic carbocycles. The Morgan fingerprint density at radius 1 is 1.09 bits per heavy atom. The molecule has 7 heteroatoms. The van der Waals surface area contributed by atoms with Crippen LogP contribution in [0.1, 0.15) is 32.8 Å². The zero-order valence-corrected chi connectivity index (χ0v) is 20.0. The van der Waals surface area contributed by atoms with Gasteiger partial charge in [-0.1, -0.05) is 54.2 Å². The molecule has 6 nitrogen and oxygen atoms in total. The molecule has 3 aromatic rings. The van der Waals surface area contributed by atoms with E-state index in [9.17, 15) is 9.59 Å². The molecule has 0 bridgehead atoms. The number of aromatic nitrogens is 2. The Morgan fingerprint density at radius 2 is 1.78 bits per heavy atom. The van der Waals surface area contributed by atoms with Crippen LogP contribution in [0.3, 0.4) is 0 Å². The number of amides is 1. The third kappa shape index (κ3) is 5.99. The molecule has 2 aromatic carbocycles. The first-order chi connectivity index (χ1) is 15.3. The molecule has 0 aliphatic heterocycles. The Bertz CT molecular complexity index is 1110. The van der Waals surface area contributed by atoms with Crippen LogP contribution in [0.4, 0.5) is 0 Å². The van der Waals surface area contributed by atoms with Gasteiger partial charge in [0.25, 0.3) is 5.56 Å². The molecule has 0 saturated heterocycles. The van der Waals surface area contributed by atoms with E-state index >= 15 is 0 Å². The first-order valence-corrected chi connectivity index (χ1v) is 11.8. The van der Waals surface area contributed by atoms with Gasteiger partial charge in [0, 0.05) is 32.3 Å². The number of rotatable bonds is 9. The molecular weight excluding hydrogens is 422 g/mol. The Balaban J connectivity index is 1.84. The fraction of sp³-hybridized carbons (Fsp3) is 0.400.